The average molecular weight is 322 g/mol. The highest BCUT2D eigenvalue weighted by Crippen LogP contribution is 2.28. The van der Waals surface area contributed by atoms with Crippen LogP contribution in [0.3, 0.4) is 0 Å². The van der Waals surface area contributed by atoms with Gasteiger partial charge in [-0.05, 0) is 25.0 Å². The Balaban J connectivity index is 1.75. The number of fused-ring (bicyclic) bond motifs is 1. The van der Waals surface area contributed by atoms with Gasteiger partial charge in [-0.2, -0.15) is 5.10 Å². The maximum absolute atomic E-state index is 11.5. The predicted octanol–water partition coefficient (Wildman–Crippen LogP) is 1.52. The zero-order valence-corrected chi connectivity index (χ0v) is 13.2. The Kier molecular flexibility index (Phi) is 3.60. The van der Waals surface area contributed by atoms with E-state index in [1.165, 1.54) is 0 Å². The van der Waals surface area contributed by atoms with Gasteiger partial charge in [0.2, 0.25) is 5.91 Å². The van der Waals surface area contributed by atoms with Crippen LogP contribution in [0.4, 0.5) is 5.82 Å². The fourth-order valence-corrected chi connectivity index (χ4v) is 3.24. The Morgan fingerprint density at radius 2 is 2.04 bits per heavy atom. The minimum atomic E-state index is -0.245. The van der Waals surface area contributed by atoms with E-state index < -0.39 is 0 Å². The molecular formula is C17H18N6O. The summed E-state index contributed by atoms with van der Waals surface area (Å²) in [6.45, 7) is 1.45. The van der Waals surface area contributed by atoms with E-state index in [9.17, 15) is 4.79 Å². The van der Waals surface area contributed by atoms with E-state index in [1.807, 2.05) is 30.3 Å². The largest absolute Gasteiger partial charge is 0.369 e. The van der Waals surface area contributed by atoms with Crippen molar-refractivity contribution in [2.75, 3.05) is 18.0 Å². The van der Waals surface area contributed by atoms with Crippen LogP contribution in [-0.4, -0.2) is 38.7 Å². The van der Waals surface area contributed by atoms with Crippen molar-refractivity contribution in [3.63, 3.8) is 0 Å². The minimum absolute atomic E-state index is 0.132. The summed E-state index contributed by atoms with van der Waals surface area (Å²) in [5.74, 6) is 0.436. The van der Waals surface area contributed by atoms with E-state index in [4.69, 9.17) is 5.73 Å². The second kappa shape index (κ2) is 5.92. The van der Waals surface area contributed by atoms with Gasteiger partial charge < -0.3 is 10.6 Å². The van der Waals surface area contributed by atoms with Crippen molar-refractivity contribution in [2.24, 2.45) is 11.7 Å². The number of primary amides is 1. The molecule has 24 heavy (non-hydrogen) atoms. The molecule has 1 aliphatic heterocycles. The molecule has 1 fully saturated rings. The number of para-hydroxylation sites is 1. The number of carbonyl (C=O) groups excluding carboxylic acids is 1. The number of piperidine rings is 1. The van der Waals surface area contributed by atoms with Crippen LogP contribution in [0, 0.1) is 5.92 Å². The monoisotopic (exact) mass is 322 g/mol. The number of benzene rings is 1. The van der Waals surface area contributed by atoms with Gasteiger partial charge in [0.25, 0.3) is 0 Å². The Bertz CT molecular complexity index is 875. The lowest BCUT2D eigenvalue weighted by atomic mass is 9.97. The van der Waals surface area contributed by atoms with Crippen LogP contribution in [-0.2, 0) is 4.79 Å². The van der Waals surface area contributed by atoms with Crippen LogP contribution in [0.2, 0.25) is 0 Å². The first-order chi connectivity index (χ1) is 11.7. The van der Waals surface area contributed by atoms with Gasteiger partial charge in [-0.25, -0.2) is 14.6 Å². The lowest BCUT2D eigenvalue weighted by Crippen LogP contribution is -2.41. The number of hydrogen-bond donors (Lipinski definition) is 1. The van der Waals surface area contributed by atoms with E-state index in [0.717, 1.165) is 41.9 Å². The fraction of sp³-hybridized carbons (Fsp3) is 0.294. The Hall–Kier alpha value is -2.96. The van der Waals surface area contributed by atoms with Crippen molar-refractivity contribution in [3.05, 3.63) is 42.9 Å². The highest BCUT2D eigenvalue weighted by molar-refractivity contribution is 5.88. The van der Waals surface area contributed by atoms with E-state index in [1.54, 1.807) is 17.2 Å². The summed E-state index contributed by atoms with van der Waals surface area (Å²) in [6, 6.07) is 9.86. The Morgan fingerprint density at radius 1 is 1.21 bits per heavy atom. The van der Waals surface area contributed by atoms with Crippen LogP contribution in [0.1, 0.15) is 12.8 Å². The molecule has 7 heteroatoms. The predicted molar refractivity (Wildman–Crippen MR) is 90.8 cm³/mol. The van der Waals surface area contributed by atoms with E-state index in [0.29, 0.717) is 6.54 Å². The van der Waals surface area contributed by atoms with Crippen molar-refractivity contribution in [2.45, 2.75) is 12.8 Å². The van der Waals surface area contributed by atoms with Crippen LogP contribution < -0.4 is 10.6 Å². The third-order valence-electron chi connectivity index (χ3n) is 4.47. The molecule has 0 bridgehead atoms. The summed E-state index contributed by atoms with van der Waals surface area (Å²) in [5.41, 5.74) is 7.19. The zero-order chi connectivity index (χ0) is 16.5. The quantitative estimate of drug-likeness (QED) is 0.789. The summed E-state index contributed by atoms with van der Waals surface area (Å²) < 4.78 is 1.80. The molecular weight excluding hydrogens is 304 g/mol. The van der Waals surface area contributed by atoms with Crippen molar-refractivity contribution >= 4 is 22.8 Å². The molecule has 1 aliphatic rings. The maximum atomic E-state index is 11.5. The molecule has 1 saturated heterocycles. The van der Waals surface area contributed by atoms with Gasteiger partial charge >= 0.3 is 0 Å². The molecule has 7 nitrogen and oxygen atoms in total. The first kappa shape index (κ1) is 14.6. The number of rotatable bonds is 3. The molecule has 1 amide bonds. The normalized spacial score (nSPS) is 18.0. The SMILES string of the molecule is NC(=O)[C@H]1CCCN(c2ncnc3c2cnn3-c2ccccc2)C1. The maximum Gasteiger partial charge on any atom is 0.222 e. The Morgan fingerprint density at radius 3 is 2.83 bits per heavy atom. The summed E-state index contributed by atoms with van der Waals surface area (Å²) in [5, 5.41) is 5.35. The summed E-state index contributed by atoms with van der Waals surface area (Å²) >= 11 is 0. The molecule has 3 aromatic rings. The lowest BCUT2D eigenvalue weighted by molar-refractivity contribution is -0.122. The Labute approximate surface area is 139 Å². The van der Waals surface area contributed by atoms with E-state index in [2.05, 4.69) is 20.0 Å². The van der Waals surface area contributed by atoms with Gasteiger partial charge in [-0.15, -0.1) is 0 Å². The average Bonchev–Trinajstić information content (AvgIpc) is 3.06. The smallest absolute Gasteiger partial charge is 0.222 e. The molecule has 0 radical (unpaired) electrons. The van der Waals surface area contributed by atoms with Crippen molar-refractivity contribution < 1.29 is 4.79 Å². The lowest BCUT2D eigenvalue weighted by Gasteiger charge is -2.32. The summed E-state index contributed by atoms with van der Waals surface area (Å²) in [4.78, 5) is 22.5. The van der Waals surface area contributed by atoms with Crippen molar-refractivity contribution in [1.29, 1.82) is 0 Å². The highest BCUT2D eigenvalue weighted by Gasteiger charge is 2.26. The third-order valence-corrected chi connectivity index (χ3v) is 4.47. The molecule has 2 aromatic heterocycles. The van der Waals surface area contributed by atoms with Crippen LogP contribution in [0.5, 0.6) is 0 Å². The number of hydrogen-bond acceptors (Lipinski definition) is 5. The number of carbonyl (C=O) groups is 1. The van der Waals surface area contributed by atoms with Crippen LogP contribution in [0.15, 0.2) is 42.9 Å². The standard InChI is InChI=1S/C17H18N6O/c18-15(24)12-5-4-8-22(10-12)16-14-9-21-23(17(14)20-11-19-16)13-6-2-1-3-7-13/h1-3,6-7,9,11-12H,4-5,8,10H2,(H2,18,24)/t12-/m0/s1. The molecule has 0 spiro atoms. The molecule has 4 rings (SSSR count). The molecule has 1 aromatic carbocycles. The molecule has 0 unspecified atom stereocenters. The second-order valence-electron chi connectivity index (χ2n) is 6.01. The van der Waals surface area contributed by atoms with Gasteiger partial charge in [0.05, 0.1) is 23.2 Å². The van der Waals surface area contributed by atoms with Crippen molar-refractivity contribution in [1.82, 2.24) is 19.7 Å². The van der Waals surface area contributed by atoms with Crippen LogP contribution in [0.25, 0.3) is 16.7 Å². The topological polar surface area (TPSA) is 89.9 Å². The number of amides is 1. The number of nitrogens with zero attached hydrogens (tertiary/aromatic N) is 5. The molecule has 1 atom stereocenters. The summed E-state index contributed by atoms with van der Waals surface area (Å²) in [6.07, 6.45) is 5.09. The van der Waals surface area contributed by atoms with E-state index in [-0.39, 0.29) is 11.8 Å². The summed E-state index contributed by atoms with van der Waals surface area (Å²) in [7, 11) is 0. The zero-order valence-electron chi connectivity index (χ0n) is 13.2. The second-order valence-corrected chi connectivity index (χ2v) is 6.01. The molecule has 0 aliphatic carbocycles. The number of aromatic nitrogens is 4. The molecule has 3 heterocycles. The molecule has 122 valence electrons. The molecule has 0 saturated carbocycles. The first-order valence-electron chi connectivity index (χ1n) is 8.02. The molecule has 2 N–H and O–H groups in total. The number of anilines is 1. The highest BCUT2D eigenvalue weighted by atomic mass is 16.1. The van der Waals surface area contributed by atoms with Crippen molar-refractivity contribution in [3.8, 4) is 5.69 Å². The number of nitrogens with two attached hydrogens (primary N) is 1. The van der Waals surface area contributed by atoms with Gasteiger partial charge in [-0.1, -0.05) is 18.2 Å². The van der Waals surface area contributed by atoms with Crippen LogP contribution >= 0.6 is 0 Å². The van der Waals surface area contributed by atoms with E-state index >= 15 is 0 Å². The van der Waals surface area contributed by atoms with Gasteiger partial charge in [0.15, 0.2) is 5.65 Å². The van der Waals surface area contributed by atoms with Gasteiger partial charge in [0, 0.05) is 13.1 Å². The first-order valence-corrected chi connectivity index (χ1v) is 8.02. The fourth-order valence-electron chi connectivity index (χ4n) is 3.24. The van der Waals surface area contributed by atoms with Gasteiger partial charge in [0.1, 0.15) is 12.1 Å². The minimum Gasteiger partial charge on any atom is -0.369 e. The van der Waals surface area contributed by atoms with Gasteiger partial charge in [-0.3, -0.25) is 4.79 Å². The third kappa shape index (κ3) is 2.47.